The van der Waals surface area contributed by atoms with E-state index in [1.807, 2.05) is 56.1 Å². The van der Waals surface area contributed by atoms with E-state index in [1.54, 1.807) is 12.4 Å². The van der Waals surface area contributed by atoms with Crippen LogP contribution in [0.5, 0.6) is 0 Å². The summed E-state index contributed by atoms with van der Waals surface area (Å²) in [4.78, 5) is 26.8. The summed E-state index contributed by atoms with van der Waals surface area (Å²) in [6.45, 7) is 9.17. The van der Waals surface area contributed by atoms with Crippen LogP contribution in [-0.2, 0) is 4.79 Å². The molecule has 0 aliphatic heterocycles. The zero-order chi connectivity index (χ0) is 22.4. The van der Waals surface area contributed by atoms with Gasteiger partial charge in [-0.25, -0.2) is 15.0 Å². The standard InChI is InChI=1S/C23H30N6O2/c1-16(2)19-9-10-25-21(28-19)27-18-8-6-7-17(13-18)20-14-26-22(31-20)29(12-11-24-5)23(3,4)15-30/h6-10,13-16,24H,11-12H2,1-5H3,(H,25,27,28). The minimum atomic E-state index is -0.735. The Hall–Kier alpha value is -3.26. The van der Waals surface area contributed by atoms with E-state index >= 15 is 0 Å². The van der Waals surface area contributed by atoms with Gasteiger partial charge in [0.1, 0.15) is 6.29 Å². The van der Waals surface area contributed by atoms with Crippen LogP contribution in [0.25, 0.3) is 11.3 Å². The van der Waals surface area contributed by atoms with Gasteiger partial charge in [0.25, 0.3) is 6.01 Å². The summed E-state index contributed by atoms with van der Waals surface area (Å²) in [5.41, 5.74) is 1.95. The van der Waals surface area contributed by atoms with Gasteiger partial charge in [-0.3, -0.25) is 0 Å². The molecule has 0 bridgehead atoms. The number of carbonyl (C=O) groups excluding carboxylic acids is 1. The van der Waals surface area contributed by atoms with Crippen molar-refractivity contribution in [2.45, 2.75) is 39.2 Å². The van der Waals surface area contributed by atoms with Crippen molar-refractivity contribution in [1.82, 2.24) is 20.3 Å². The number of benzene rings is 1. The number of hydrogen-bond acceptors (Lipinski definition) is 8. The molecule has 8 heteroatoms. The van der Waals surface area contributed by atoms with Crippen LogP contribution in [0.4, 0.5) is 17.7 Å². The lowest BCUT2D eigenvalue weighted by molar-refractivity contribution is -0.111. The number of anilines is 3. The molecular formula is C23H30N6O2. The Morgan fingerprint density at radius 3 is 2.74 bits per heavy atom. The second-order valence-electron chi connectivity index (χ2n) is 8.20. The maximum Gasteiger partial charge on any atom is 0.298 e. The van der Waals surface area contributed by atoms with E-state index in [4.69, 9.17) is 4.42 Å². The third kappa shape index (κ3) is 5.46. The van der Waals surface area contributed by atoms with Crippen LogP contribution in [-0.4, -0.2) is 46.9 Å². The molecule has 2 heterocycles. The number of rotatable bonds is 10. The maximum absolute atomic E-state index is 11.6. The van der Waals surface area contributed by atoms with Gasteiger partial charge >= 0.3 is 0 Å². The Bertz CT molecular complexity index is 1010. The number of likely N-dealkylation sites (N-methyl/N-ethyl adjacent to an activating group) is 1. The number of aldehydes is 1. The molecule has 0 aliphatic rings. The average Bonchev–Trinajstić information content (AvgIpc) is 3.24. The van der Waals surface area contributed by atoms with Crippen LogP contribution in [0.15, 0.2) is 47.1 Å². The topological polar surface area (TPSA) is 96.2 Å². The summed E-state index contributed by atoms with van der Waals surface area (Å²) in [6, 6.07) is 10.1. The molecular weight excluding hydrogens is 392 g/mol. The van der Waals surface area contributed by atoms with Crippen LogP contribution in [0.3, 0.4) is 0 Å². The first kappa shape index (κ1) is 22.4. The highest BCUT2D eigenvalue weighted by Gasteiger charge is 2.29. The van der Waals surface area contributed by atoms with Gasteiger partial charge in [-0.1, -0.05) is 26.0 Å². The number of nitrogens with zero attached hydrogens (tertiary/aromatic N) is 4. The highest BCUT2D eigenvalue weighted by molar-refractivity contribution is 5.70. The quantitative estimate of drug-likeness (QED) is 0.473. The van der Waals surface area contributed by atoms with Crippen molar-refractivity contribution in [2.24, 2.45) is 0 Å². The molecule has 31 heavy (non-hydrogen) atoms. The lowest BCUT2D eigenvalue weighted by Crippen LogP contribution is -2.48. The van der Waals surface area contributed by atoms with Crippen LogP contribution in [0.2, 0.25) is 0 Å². The molecule has 0 spiro atoms. The van der Waals surface area contributed by atoms with Crippen molar-refractivity contribution in [3.05, 3.63) is 48.4 Å². The first-order valence-corrected chi connectivity index (χ1v) is 10.4. The molecule has 2 aromatic heterocycles. The molecule has 0 saturated carbocycles. The van der Waals surface area contributed by atoms with E-state index in [-0.39, 0.29) is 0 Å². The molecule has 8 nitrogen and oxygen atoms in total. The highest BCUT2D eigenvalue weighted by atomic mass is 16.4. The van der Waals surface area contributed by atoms with Crippen molar-refractivity contribution in [3.63, 3.8) is 0 Å². The van der Waals surface area contributed by atoms with Crippen LogP contribution < -0.4 is 15.5 Å². The predicted octanol–water partition coefficient (Wildman–Crippen LogP) is 4.00. The second kappa shape index (κ2) is 9.70. The number of oxazole rings is 1. The summed E-state index contributed by atoms with van der Waals surface area (Å²) >= 11 is 0. The van der Waals surface area contributed by atoms with E-state index in [9.17, 15) is 4.79 Å². The molecule has 0 radical (unpaired) electrons. The summed E-state index contributed by atoms with van der Waals surface area (Å²) in [5.74, 6) is 1.49. The van der Waals surface area contributed by atoms with Gasteiger partial charge in [0.15, 0.2) is 5.76 Å². The number of hydrogen-bond donors (Lipinski definition) is 2. The average molecular weight is 423 g/mol. The first-order chi connectivity index (χ1) is 14.8. The fourth-order valence-corrected chi connectivity index (χ4v) is 3.07. The highest BCUT2D eigenvalue weighted by Crippen LogP contribution is 2.29. The smallest absolute Gasteiger partial charge is 0.298 e. The Morgan fingerprint density at radius 1 is 1.23 bits per heavy atom. The van der Waals surface area contributed by atoms with E-state index in [1.165, 1.54) is 0 Å². The SMILES string of the molecule is CNCCN(c1ncc(-c2cccc(Nc3nccc(C(C)C)n3)c2)o1)C(C)(C)C=O. The van der Waals surface area contributed by atoms with E-state index in [0.717, 1.165) is 23.2 Å². The molecule has 164 valence electrons. The van der Waals surface area contributed by atoms with Gasteiger partial charge in [0.2, 0.25) is 5.95 Å². The summed E-state index contributed by atoms with van der Waals surface area (Å²) in [6.07, 6.45) is 4.34. The van der Waals surface area contributed by atoms with Gasteiger partial charge in [0, 0.05) is 36.2 Å². The van der Waals surface area contributed by atoms with Crippen molar-refractivity contribution in [2.75, 3.05) is 30.4 Å². The Morgan fingerprint density at radius 2 is 2.03 bits per heavy atom. The van der Waals surface area contributed by atoms with Gasteiger partial charge < -0.3 is 24.7 Å². The fraction of sp³-hybridized carbons (Fsp3) is 0.391. The molecule has 1 aromatic carbocycles. The van der Waals surface area contributed by atoms with Gasteiger partial charge in [-0.2, -0.15) is 0 Å². The van der Waals surface area contributed by atoms with Crippen molar-refractivity contribution in [3.8, 4) is 11.3 Å². The summed E-state index contributed by atoms with van der Waals surface area (Å²) in [7, 11) is 1.87. The number of nitrogens with one attached hydrogen (secondary N) is 2. The molecule has 0 unspecified atom stereocenters. The van der Waals surface area contributed by atoms with Crippen molar-refractivity contribution < 1.29 is 9.21 Å². The number of carbonyl (C=O) groups is 1. The molecule has 0 aliphatic carbocycles. The van der Waals surface area contributed by atoms with Gasteiger partial charge in [0.05, 0.1) is 11.7 Å². The van der Waals surface area contributed by atoms with Crippen LogP contribution >= 0.6 is 0 Å². The third-order valence-corrected chi connectivity index (χ3v) is 4.97. The summed E-state index contributed by atoms with van der Waals surface area (Å²) < 4.78 is 6.04. The van der Waals surface area contributed by atoms with Crippen LogP contribution in [0.1, 0.15) is 39.3 Å². The monoisotopic (exact) mass is 422 g/mol. The van der Waals surface area contributed by atoms with Crippen LogP contribution in [0, 0.1) is 0 Å². The molecule has 0 saturated heterocycles. The lowest BCUT2D eigenvalue weighted by atomic mass is 10.1. The van der Waals surface area contributed by atoms with Gasteiger partial charge in [-0.05, 0) is 45.0 Å². The third-order valence-electron chi connectivity index (χ3n) is 4.97. The van der Waals surface area contributed by atoms with E-state index in [2.05, 4.69) is 39.4 Å². The zero-order valence-electron chi connectivity index (χ0n) is 18.7. The minimum Gasteiger partial charge on any atom is -0.423 e. The lowest BCUT2D eigenvalue weighted by Gasteiger charge is -2.32. The van der Waals surface area contributed by atoms with Crippen molar-refractivity contribution >= 4 is 23.9 Å². The molecule has 3 aromatic rings. The summed E-state index contributed by atoms with van der Waals surface area (Å²) in [5, 5.41) is 6.35. The van der Waals surface area contributed by atoms with E-state index in [0.29, 0.717) is 36.7 Å². The minimum absolute atomic E-state index is 0.323. The second-order valence-corrected chi connectivity index (χ2v) is 8.20. The maximum atomic E-state index is 11.6. The predicted molar refractivity (Wildman–Crippen MR) is 123 cm³/mol. The Kier molecular flexibility index (Phi) is 7.02. The normalized spacial score (nSPS) is 11.5. The van der Waals surface area contributed by atoms with Gasteiger partial charge in [-0.15, -0.1) is 0 Å². The fourth-order valence-electron chi connectivity index (χ4n) is 3.07. The molecule has 0 fully saturated rings. The zero-order valence-corrected chi connectivity index (χ0v) is 18.7. The molecule has 0 atom stereocenters. The number of aromatic nitrogens is 3. The molecule has 2 N–H and O–H groups in total. The molecule has 3 rings (SSSR count). The first-order valence-electron chi connectivity index (χ1n) is 10.4. The van der Waals surface area contributed by atoms with Crippen molar-refractivity contribution in [1.29, 1.82) is 0 Å². The largest absolute Gasteiger partial charge is 0.423 e. The Balaban J connectivity index is 1.84. The Labute approximate surface area is 183 Å². The van der Waals surface area contributed by atoms with E-state index < -0.39 is 5.54 Å². The molecule has 0 amide bonds.